The maximum absolute atomic E-state index is 12.3. The standard InChI is InChI=1S/C19H21N3O6S2/c1-28-18-8-5-13(9-17(18)22(24)25)11-29-12-19(23)20-15-3-2-4-16(10-15)30(26,27)21-14-6-7-14/h2-5,8-10,14,21H,6-7,11-12H2,1H3,(H,20,23). The first-order chi connectivity index (χ1) is 14.3. The number of sulfonamides is 1. The van der Waals surface area contributed by atoms with Crippen LogP contribution in [-0.2, 0) is 20.6 Å². The van der Waals surface area contributed by atoms with Crippen molar-refractivity contribution >= 4 is 39.1 Å². The lowest BCUT2D eigenvalue weighted by Crippen LogP contribution is -2.25. The fraction of sp³-hybridized carbons (Fsp3) is 0.316. The highest BCUT2D eigenvalue weighted by Gasteiger charge is 2.28. The minimum atomic E-state index is -3.60. The van der Waals surface area contributed by atoms with Gasteiger partial charge in [0.15, 0.2) is 5.75 Å². The quantitative estimate of drug-likeness (QED) is 0.420. The van der Waals surface area contributed by atoms with Crippen LogP contribution in [0.5, 0.6) is 5.75 Å². The van der Waals surface area contributed by atoms with Gasteiger partial charge in [0.1, 0.15) is 0 Å². The zero-order chi connectivity index (χ0) is 21.7. The molecular weight excluding hydrogens is 430 g/mol. The molecule has 0 aromatic heterocycles. The third-order valence-corrected chi connectivity index (χ3v) is 6.79. The Labute approximate surface area is 178 Å². The molecule has 2 aromatic carbocycles. The number of amides is 1. The van der Waals surface area contributed by atoms with Crippen molar-refractivity contribution in [3.8, 4) is 5.75 Å². The smallest absolute Gasteiger partial charge is 0.311 e. The van der Waals surface area contributed by atoms with E-state index in [-0.39, 0.29) is 34.0 Å². The van der Waals surface area contributed by atoms with Crippen LogP contribution in [0, 0.1) is 10.1 Å². The summed E-state index contributed by atoms with van der Waals surface area (Å²) in [5, 5.41) is 13.8. The lowest BCUT2D eigenvalue weighted by molar-refractivity contribution is -0.385. The van der Waals surface area contributed by atoms with Gasteiger partial charge in [-0.3, -0.25) is 14.9 Å². The van der Waals surface area contributed by atoms with Gasteiger partial charge in [-0.2, -0.15) is 0 Å². The molecule has 0 atom stereocenters. The number of nitrogens with one attached hydrogen (secondary N) is 2. The average molecular weight is 452 g/mol. The van der Waals surface area contributed by atoms with Gasteiger partial charge in [0.2, 0.25) is 15.9 Å². The number of carbonyl (C=O) groups excluding carboxylic acids is 1. The van der Waals surface area contributed by atoms with E-state index < -0.39 is 14.9 Å². The molecule has 2 aromatic rings. The number of nitrogens with zero attached hydrogens (tertiary/aromatic N) is 1. The molecule has 0 bridgehead atoms. The predicted molar refractivity (Wildman–Crippen MR) is 114 cm³/mol. The molecule has 0 spiro atoms. The zero-order valence-electron chi connectivity index (χ0n) is 16.2. The summed E-state index contributed by atoms with van der Waals surface area (Å²) in [5.41, 5.74) is 0.955. The molecule has 1 aliphatic rings. The second kappa shape index (κ2) is 9.45. The molecule has 11 heteroatoms. The van der Waals surface area contributed by atoms with Crippen molar-refractivity contribution in [2.45, 2.75) is 29.5 Å². The van der Waals surface area contributed by atoms with E-state index in [2.05, 4.69) is 10.0 Å². The van der Waals surface area contributed by atoms with Crippen LogP contribution in [0.3, 0.4) is 0 Å². The summed E-state index contributed by atoms with van der Waals surface area (Å²) in [4.78, 5) is 22.9. The molecule has 2 N–H and O–H groups in total. The Morgan fingerprint density at radius 2 is 2.03 bits per heavy atom. The number of hydrogen-bond donors (Lipinski definition) is 2. The van der Waals surface area contributed by atoms with Gasteiger partial charge in [-0.05, 0) is 42.7 Å². The van der Waals surface area contributed by atoms with Gasteiger partial charge in [-0.25, -0.2) is 13.1 Å². The number of carbonyl (C=O) groups is 1. The number of nitro groups is 1. The highest BCUT2D eigenvalue weighted by Crippen LogP contribution is 2.29. The van der Waals surface area contributed by atoms with Crippen molar-refractivity contribution in [3.63, 3.8) is 0 Å². The van der Waals surface area contributed by atoms with Crippen molar-refractivity contribution in [3.05, 3.63) is 58.1 Å². The number of anilines is 1. The van der Waals surface area contributed by atoms with Crippen LogP contribution < -0.4 is 14.8 Å². The van der Waals surface area contributed by atoms with Crippen LogP contribution in [0.4, 0.5) is 11.4 Å². The number of hydrogen-bond acceptors (Lipinski definition) is 7. The molecule has 0 aliphatic heterocycles. The second-order valence-corrected chi connectivity index (χ2v) is 9.43. The highest BCUT2D eigenvalue weighted by atomic mass is 32.2. The van der Waals surface area contributed by atoms with E-state index in [1.54, 1.807) is 18.2 Å². The first kappa shape index (κ1) is 22.1. The minimum absolute atomic E-state index is 0.00146. The largest absolute Gasteiger partial charge is 0.490 e. The van der Waals surface area contributed by atoms with Gasteiger partial charge >= 0.3 is 5.69 Å². The molecule has 1 saturated carbocycles. The average Bonchev–Trinajstić information content (AvgIpc) is 3.51. The lowest BCUT2D eigenvalue weighted by Gasteiger charge is -2.09. The molecule has 0 saturated heterocycles. The topological polar surface area (TPSA) is 128 Å². The zero-order valence-corrected chi connectivity index (χ0v) is 17.8. The maximum atomic E-state index is 12.3. The normalized spacial score (nSPS) is 13.6. The van der Waals surface area contributed by atoms with E-state index in [0.717, 1.165) is 12.8 Å². The maximum Gasteiger partial charge on any atom is 0.311 e. The number of ether oxygens (including phenoxy) is 1. The van der Waals surface area contributed by atoms with Gasteiger partial charge in [0.25, 0.3) is 0 Å². The van der Waals surface area contributed by atoms with Crippen LogP contribution in [0.25, 0.3) is 0 Å². The summed E-state index contributed by atoms with van der Waals surface area (Å²) in [6.45, 7) is 0. The SMILES string of the molecule is COc1ccc(CSCC(=O)Nc2cccc(S(=O)(=O)NC3CC3)c2)cc1[N+](=O)[O-]. The first-order valence-corrected chi connectivity index (χ1v) is 11.7. The molecule has 160 valence electrons. The Kier molecular flexibility index (Phi) is 6.95. The van der Waals surface area contributed by atoms with Crippen LogP contribution in [0.15, 0.2) is 47.4 Å². The Hall–Kier alpha value is -2.63. The number of rotatable bonds is 10. The van der Waals surface area contributed by atoms with E-state index >= 15 is 0 Å². The van der Waals surface area contributed by atoms with Crippen molar-refractivity contribution in [1.29, 1.82) is 0 Å². The van der Waals surface area contributed by atoms with Gasteiger partial charge in [0, 0.05) is 23.5 Å². The molecule has 1 amide bonds. The summed E-state index contributed by atoms with van der Waals surface area (Å²) >= 11 is 1.29. The Balaban J connectivity index is 1.54. The summed E-state index contributed by atoms with van der Waals surface area (Å²) in [6, 6.07) is 10.7. The fourth-order valence-corrected chi connectivity index (χ4v) is 4.78. The van der Waals surface area contributed by atoms with Crippen molar-refractivity contribution < 1.29 is 22.9 Å². The number of thioether (sulfide) groups is 1. The van der Waals surface area contributed by atoms with E-state index in [4.69, 9.17) is 4.74 Å². The summed E-state index contributed by atoms with van der Waals surface area (Å²) < 4.78 is 32.1. The molecule has 1 fully saturated rings. The second-order valence-electron chi connectivity index (χ2n) is 6.73. The third-order valence-electron chi connectivity index (χ3n) is 4.27. The molecule has 3 rings (SSSR count). The molecule has 30 heavy (non-hydrogen) atoms. The van der Waals surface area contributed by atoms with E-state index in [1.165, 1.54) is 43.1 Å². The van der Waals surface area contributed by atoms with Gasteiger partial charge < -0.3 is 10.1 Å². The predicted octanol–water partition coefficient (Wildman–Crippen LogP) is 2.92. The number of methoxy groups -OCH3 is 1. The van der Waals surface area contributed by atoms with Crippen LogP contribution >= 0.6 is 11.8 Å². The van der Waals surface area contributed by atoms with Crippen LogP contribution in [-0.4, -0.2) is 38.2 Å². The number of benzene rings is 2. The van der Waals surface area contributed by atoms with E-state index in [1.807, 2.05) is 0 Å². The summed E-state index contributed by atoms with van der Waals surface area (Å²) in [5.74, 6) is 0.389. The monoisotopic (exact) mass is 451 g/mol. The van der Waals surface area contributed by atoms with Crippen molar-refractivity contribution in [1.82, 2.24) is 4.72 Å². The van der Waals surface area contributed by atoms with E-state index in [0.29, 0.717) is 17.0 Å². The van der Waals surface area contributed by atoms with Crippen LogP contribution in [0.1, 0.15) is 18.4 Å². The molecule has 0 heterocycles. The van der Waals surface area contributed by atoms with Crippen molar-refractivity contribution in [2.75, 3.05) is 18.2 Å². The molecule has 9 nitrogen and oxygen atoms in total. The summed E-state index contributed by atoms with van der Waals surface area (Å²) in [6.07, 6.45) is 1.68. The lowest BCUT2D eigenvalue weighted by atomic mass is 10.2. The first-order valence-electron chi connectivity index (χ1n) is 9.10. The minimum Gasteiger partial charge on any atom is -0.490 e. The Bertz CT molecular complexity index is 1050. The molecule has 1 aliphatic carbocycles. The molecular formula is C19H21N3O6S2. The van der Waals surface area contributed by atoms with Crippen LogP contribution in [0.2, 0.25) is 0 Å². The van der Waals surface area contributed by atoms with Gasteiger partial charge in [-0.15, -0.1) is 11.8 Å². The fourth-order valence-electron chi connectivity index (χ4n) is 2.66. The summed E-state index contributed by atoms with van der Waals surface area (Å²) in [7, 11) is -2.23. The Morgan fingerprint density at radius 3 is 2.70 bits per heavy atom. The highest BCUT2D eigenvalue weighted by molar-refractivity contribution is 7.99. The van der Waals surface area contributed by atoms with Gasteiger partial charge in [0.05, 0.1) is 22.7 Å². The third kappa shape index (κ3) is 5.94. The van der Waals surface area contributed by atoms with Crippen molar-refractivity contribution in [2.24, 2.45) is 0 Å². The van der Waals surface area contributed by atoms with Gasteiger partial charge in [-0.1, -0.05) is 12.1 Å². The molecule has 0 unspecified atom stereocenters. The molecule has 0 radical (unpaired) electrons. The Morgan fingerprint density at radius 1 is 1.27 bits per heavy atom. The number of nitro benzene ring substituents is 1. The van der Waals surface area contributed by atoms with E-state index in [9.17, 15) is 23.3 Å².